The first-order valence-electron chi connectivity index (χ1n) is 8.38. The van der Waals surface area contributed by atoms with Crippen LogP contribution in [0.5, 0.6) is 0 Å². The molecule has 27 heavy (non-hydrogen) atoms. The first-order valence-corrected chi connectivity index (χ1v) is 8.38. The van der Waals surface area contributed by atoms with Crippen molar-refractivity contribution in [3.63, 3.8) is 0 Å². The summed E-state index contributed by atoms with van der Waals surface area (Å²) in [6.07, 6.45) is 8.35. The molecular weight excluding hydrogens is 342 g/mol. The summed E-state index contributed by atoms with van der Waals surface area (Å²) in [5.74, 6) is 1.42. The normalized spacial score (nSPS) is 10.7. The molecule has 4 aromatic rings. The van der Waals surface area contributed by atoms with Crippen LogP contribution in [-0.2, 0) is 6.54 Å². The zero-order valence-electron chi connectivity index (χ0n) is 14.6. The Kier molecular flexibility index (Phi) is 4.44. The third-order valence-electron chi connectivity index (χ3n) is 4.11. The Bertz CT molecular complexity index is 1030. The highest BCUT2D eigenvalue weighted by atomic mass is 16.1. The Morgan fingerprint density at radius 3 is 2.59 bits per heavy atom. The summed E-state index contributed by atoms with van der Waals surface area (Å²) in [5.41, 5.74) is 2.25. The van der Waals surface area contributed by atoms with Crippen LogP contribution >= 0.6 is 0 Å². The van der Waals surface area contributed by atoms with Crippen LogP contribution in [0, 0.1) is 6.92 Å². The Morgan fingerprint density at radius 2 is 1.96 bits per heavy atom. The van der Waals surface area contributed by atoms with Gasteiger partial charge in [0.15, 0.2) is 0 Å². The number of hydrogen-bond donors (Lipinski definition) is 1. The first-order chi connectivity index (χ1) is 13.2. The smallest absolute Gasteiger partial charge is 0.255 e. The number of aryl methyl sites for hydroxylation is 1. The molecule has 0 saturated carbocycles. The molecule has 0 radical (unpaired) electrons. The van der Waals surface area contributed by atoms with Gasteiger partial charge in [0.1, 0.15) is 24.3 Å². The first kappa shape index (κ1) is 16.6. The summed E-state index contributed by atoms with van der Waals surface area (Å²) < 4.78 is 3.60. The summed E-state index contributed by atoms with van der Waals surface area (Å²) in [6.45, 7) is 2.52. The zero-order chi connectivity index (χ0) is 18.6. The van der Waals surface area contributed by atoms with Crippen molar-refractivity contribution in [3.05, 3.63) is 84.6 Å². The molecule has 1 N–H and O–H groups in total. The van der Waals surface area contributed by atoms with Crippen LogP contribution in [-0.4, -0.2) is 35.2 Å². The van der Waals surface area contributed by atoms with E-state index in [1.807, 2.05) is 42.0 Å². The SMILES string of the molecule is Cc1nccn1-c1ccc(NC(=O)c2ccc(Cn3cncn3)cc2)cn1. The molecule has 0 spiro atoms. The van der Waals surface area contributed by atoms with E-state index in [-0.39, 0.29) is 5.91 Å². The lowest BCUT2D eigenvalue weighted by Crippen LogP contribution is -2.12. The average Bonchev–Trinajstić information content (AvgIpc) is 3.35. The molecule has 8 heteroatoms. The third kappa shape index (κ3) is 3.74. The molecule has 0 bridgehead atoms. The van der Waals surface area contributed by atoms with E-state index < -0.39 is 0 Å². The number of benzene rings is 1. The van der Waals surface area contributed by atoms with E-state index in [0.717, 1.165) is 17.2 Å². The standard InChI is InChI=1S/C19H17N7O/c1-14-21-8-9-26(14)18-7-6-17(10-22-18)24-19(27)16-4-2-15(3-5-16)11-25-13-20-12-23-25/h2-10,12-13H,11H2,1H3,(H,24,27). The molecule has 1 amide bonds. The number of carbonyl (C=O) groups is 1. The van der Waals surface area contributed by atoms with Gasteiger partial charge in [0.05, 0.1) is 18.4 Å². The highest BCUT2D eigenvalue weighted by molar-refractivity contribution is 6.04. The van der Waals surface area contributed by atoms with Crippen LogP contribution in [0.25, 0.3) is 5.82 Å². The van der Waals surface area contributed by atoms with Gasteiger partial charge in [-0.15, -0.1) is 0 Å². The largest absolute Gasteiger partial charge is 0.321 e. The predicted octanol–water partition coefficient (Wildman–Crippen LogP) is 2.47. The molecule has 0 aliphatic carbocycles. The summed E-state index contributed by atoms with van der Waals surface area (Å²) in [6, 6.07) is 11.0. The van der Waals surface area contributed by atoms with Gasteiger partial charge in [0, 0.05) is 18.0 Å². The Balaban J connectivity index is 1.42. The maximum Gasteiger partial charge on any atom is 0.255 e. The number of aromatic nitrogens is 6. The number of carbonyl (C=O) groups excluding carboxylic acids is 1. The van der Waals surface area contributed by atoms with Crippen LogP contribution in [0.1, 0.15) is 21.7 Å². The number of amides is 1. The second-order valence-electron chi connectivity index (χ2n) is 5.99. The van der Waals surface area contributed by atoms with Crippen molar-refractivity contribution in [2.45, 2.75) is 13.5 Å². The number of nitrogens with zero attached hydrogens (tertiary/aromatic N) is 6. The summed E-state index contributed by atoms with van der Waals surface area (Å²) in [5, 5.41) is 6.93. The van der Waals surface area contributed by atoms with Gasteiger partial charge in [-0.1, -0.05) is 12.1 Å². The van der Waals surface area contributed by atoms with Gasteiger partial charge >= 0.3 is 0 Å². The Labute approximate surface area is 155 Å². The summed E-state index contributed by atoms with van der Waals surface area (Å²) in [7, 11) is 0. The van der Waals surface area contributed by atoms with Crippen molar-refractivity contribution >= 4 is 11.6 Å². The lowest BCUT2D eigenvalue weighted by molar-refractivity contribution is 0.102. The van der Waals surface area contributed by atoms with Gasteiger partial charge in [0.2, 0.25) is 0 Å². The van der Waals surface area contributed by atoms with E-state index in [0.29, 0.717) is 17.8 Å². The fourth-order valence-corrected chi connectivity index (χ4v) is 2.69. The second-order valence-corrected chi connectivity index (χ2v) is 5.99. The van der Waals surface area contributed by atoms with Gasteiger partial charge in [-0.3, -0.25) is 9.36 Å². The van der Waals surface area contributed by atoms with Crippen molar-refractivity contribution < 1.29 is 4.79 Å². The number of hydrogen-bond acceptors (Lipinski definition) is 5. The van der Waals surface area contributed by atoms with Gasteiger partial charge in [-0.25, -0.2) is 19.6 Å². The van der Waals surface area contributed by atoms with Gasteiger partial charge in [0.25, 0.3) is 5.91 Å². The van der Waals surface area contributed by atoms with Crippen molar-refractivity contribution in [1.29, 1.82) is 0 Å². The molecule has 1 aromatic carbocycles. The summed E-state index contributed by atoms with van der Waals surface area (Å²) in [4.78, 5) is 24.9. The average molecular weight is 359 g/mol. The minimum atomic E-state index is -0.185. The lowest BCUT2D eigenvalue weighted by atomic mass is 10.1. The number of nitrogens with one attached hydrogen (secondary N) is 1. The molecule has 0 fully saturated rings. The van der Waals surface area contributed by atoms with Crippen LogP contribution in [0.15, 0.2) is 67.6 Å². The summed E-state index contributed by atoms with van der Waals surface area (Å²) >= 11 is 0. The lowest BCUT2D eigenvalue weighted by Gasteiger charge is -2.08. The molecule has 0 aliphatic rings. The highest BCUT2D eigenvalue weighted by Crippen LogP contribution is 2.13. The third-order valence-corrected chi connectivity index (χ3v) is 4.11. The molecule has 134 valence electrons. The van der Waals surface area contributed by atoms with Gasteiger partial charge in [-0.2, -0.15) is 5.10 Å². The van der Waals surface area contributed by atoms with E-state index in [9.17, 15) is 4.79 Å². The molecule has 0 aliphatic heterocycles. The maximum absolute atomic E-state index is 12.4. The zero-order valence-corrected chi connectivity index (χ0v) is 14.6. The van der Waals surface area contributed by atoms with Crippen molar-refractivity contribution in [3.8, 4) is 5.82 Å². The Morgan fingerprint density at radius 1 is 1.11 bits per heavy atom. The number of imidazole rings is 1. The van der Waals surface area contributed by atoms with Crippen molar-refractivity contribution in [1.82, 2.24) is 29.3 Å². The molecule has 8 nitrogen and oxygen atoms in total. The molecule has 4 rings (SSSR count). The number of rotatable bonds is 5. The van der Waals surface area contributed by atoms with E-state index in [4.69, 9.17) is 0 Å². The quantitative estimate of drug-likeness (QED) is 0.591. The second kappa shape index (κ2) is 7.20. The molecule has 0 saturated heterocycles. The molecule has 0 unspecified atom stereocenters. The maximum atomic E-state index is 12.4. The molecular formula is C19H17N7O. The van der Waals surface area contributed by atoms with Gasteiger partial charge < -0.3 is 5.32 Å². The van der Waals surface area contributed by atoms with Crippen LogP contribution < -0.4 is 5.32 Å². The number of anilines is 1. The van der Waals surface area contributed by atoms with Crippen molar-refractivity contribution in [2.75, 3.05) is 5.32 Å². The fraction of sp³-hybridized carbons (Fsp3) is 0.105. The fourth-order valence-electron chi connectivity index (χ4n) is 2.69. The van der Waals surface area contributed by atoms with Gasteiger partial charge in [-0.05, 0) is 36.8 Å². The molecule has 0 atom stereocenters. The minimum absolute atomic E-state index is 0.185. The van der Waals surface area contributed by atoms with Crippen LogP contribution in [0.2, 0.25) is 0 Å². The van der Waals surface area contributed by atoms with Crippen molar-refractivity contribution in [2.24, 2.45) is 0 Å². The minimum Gasteiger partial charge on any atom is -0.321 e. The van der Waals surface area contributed by atoms with E-state index in [1.165, 1.54) is 6.33 Å². The predicted molar refractivity (Wildman–Crippen MR) is 99.6 cm³/mol. The van der Waals surface area contributed by atoms with Crippen LogP contribution in [0.3, 0.4) is 0 Å². The Hall–Kier alpha value is -3.81. The number of pyridine rings is 1. The monoisotopic (exact) mass is 359 g/mol. The van der Waals surface area contributed by atoms with Crippen LogP contribution in [0.4, 0.5) is 5.69 Å². The molecule has 3 aromatic heterocycles. The van der Waals surface area contributed by atoms with E-state index in [1.54, 1.807) is 35.5 Å². The topological polar surface area (TPSA) is 90.5 Å². The molecule has 3 heterocycles. The van der Waals surface area contributed by atoms with E-state index in [2.05, 4.69) is 25.4 Å². The van der Waals surface area contributed by atoms with E-state index >= 15 is 0 Å². The highest BCUT2D eigenvalue weighted by Gasteiger charge is 2.08.